The molecule has 2 aromatic rings. The van der Waals surface area contributed by atoms with E-state index in [1.165, 1.54) is 16.9 Å². The third-order valence-corrected chi connectivity index (χ3v) is 5.03. The minimum absolute atomic E-state index is 0.0342. The lowest BCUT2D eigenvalue weighted by molar-refractivity contribution is -0.121. The SMILES string of the molecule is CC(C)C(CNC(=O)CCCNC(=O)c1cccs1)c1ccccc1. The summed E-state index contributed by atoms with van der Waals surface area (Å²) in [7, 11) is 0. The molecule has 1 heterocycles. The van der Waals surface area contributed by atoms with Crippen molar-refractivity contribution in [1.82, 2.24) is 10.6 Å². The molecule has 0 saturated heterocycles. The van der Waals surface area contributed by atoms with E-state index in [4.69, 9.17) is 0 Å². The van der Waals surface area contributed by atoms with Gasteiger partial charge in [0, 0.05) is 25.4 Å². The van der Waals surface area contributed by atoms with Gasteiger partial charge in [0.2, 0.25) is 5.91 Å². The maximum Gasteiger partial charge on any atom is 0.261 e. The van der Waals surface area contributed by atoms with E-state index >= 15 is 0 Å². The normalized spacial score (nSPS) is 12.0. The van der Waals surface area contributed by atoms with Gasteiger partial charge < -0.3 is 10.6 Å². The molecule has 0 saturated carbocycles. The number of rotatable bonds is 9. The van der Waals surface area contributed by atoms with Gasteiger partial charge in [-0.1, -0.05) is 50.2 Å². The van der Waals surface area contributed by atoms with Crippen LogP contribution in [-0.4, -0.2) is 24.9 Å². The molecule has 2 amide bonds. The Hall–Kier alpha value is -2.14. The van der Waals surface area contributed by atoms with Crippen molar-refractivity contribution in [1.29, 1.82) is 0 Å². The molecule has 0 fully saturated rings. The fourth-order valence-corrected chi connectivity index (χ4v) is 3.34. The van der Waals surface area contributed by atoms with Crippen LogP contribution < -0.4 is 10.6 Å². The molecule has 134 valence electrons. The van der Waals surface area contributed by atoms with E-state index in [0.717, 1.165) is 0 Å². The summed E-state index contributed by atoms with van der Waals surface area (Å²) in [6.07, 6.45) is 1.06. The quantitative estimate of drug-likeness (QED) is 0.670. The first kappa shape index (κ1) is 19.2. The van der Waals surface area contributed by atoms with Crippen molar-refractivity contribution in [2.75, 3.05) is 13.1 Å². The first-order chi connectivity index (χ1) is 12.1. The Kier molecular flexibility index (Phi) is 7.67. The van der Waals surface area contributed by atoms with Gasteiger partial charge in [-0.2, -0.15) is 0 Å². The van der Waals surface area contributed by atoms with E-state index in [0.29, 0.717) is 42.6 Å². The van der Waals surface area contributed by atoms with Crippen LogP contribution >= 0.6 is 11.3 Å². The lowest BCUT2D eigenvalue weighted by Crippen LogP contribution is -2.31. The van der Waals surface area contributed by atoms with E-state index in [1.54, 1.807) is 6.07 Å². The summed E-state index contributed by atoms with van der Waals surface area (Å²) in [5, 5.41) is 7.74. The van der Waals surface area contributed by atoms with Gasteiger partial charge in [0.15, 0.2) is 0 Å². The molecule has 5 heteroatoms. The highest BCUT2D eigenvalue weighted by Crippen LogP contribution is 2.23. The van der Waals surface area contributed by atoms with Crippen molar-refractivity contribution in [3.63, 3.8) is 0 Å². The largest absolute Gasteiger partial charge is 0.355 e. The van der Waals surface area contributed by atoms with Crippen molar-refractivity contribution in [3.05, 3.63) is 58.3 Å². The van der Waals surface area contributed by atoms with Gasteiger partial charge in [-0.15, -0.1) is 11.3 Å². The first-order valence-electron chi connectivity index (χ1n) is 8.71. The molecule has 0 aliphatic carbocycles. The number of amides is 2. The molecule has 1 aromatic heterocycles. The summed E-state index contributed by atoms with van der Waals surface area (Å²) < 4.78 is 0. The van der Waals surface area contributed by atoms with Crippen molar-refractivity contribution < 1.29 is 9.59 Å². The Morgan fingerprint density at radius 1 is 1.04 bits per heavy atom. The molecule has 0 radical (unpaired) electrons. The number of nitrogens with one attached hydrogen (secondary N) is 2. The summed E-state index contributed by atoms with van der Waals surface area (Å²) in [5.74, 6) is 0.725. The number of carbonyl (C=O) groups excluding carboxylic acids is 2. The fourth-order valence-electron chi connectivity index (χ4n) is 2.70. The Balaban J connectivity index is 1.68. The number of thiophene rings is 1. The van der Waals surface area contributed by atoms with Gasteiger partial charge in [0.25, 0.3) is 5.91 Å². The van der Waals surface area contributed by atoms with E-state index < -0.39 is 0 Å². The van der Waals surface area contributed by atoms with E-state index in [1.807, 2.05) is 29.6 Å². The van der Waals surface area contributed by atoms with Crippen LogP contribution in [0, 0.1) is 5.92 Å². The predicted molar refractivity (Wildman–Crippen MR) is 103 cm³/mol. The van der Waals surface area contributed by atoms with Crippen LogP contribution in [0.2, 0.25) is 0 Å². The lowest BCUT2D eigenvalue weighted by atomic mass is 9.88. The summed E-state index contributed by atoms with van der Waals surface area (Å²) in [4.78, 5) is 24.6. The predicted octanol–water partition coefficient (Wildman–Crippen LogP) is 3.81. The second kappa shape index (κ2) is 9.99. The van der Waals surface area contributed by atoms with E-state index in [9.17, 15) is 9.59 Å². The van der Waals surface area contributed by atoms with Crippen LogP contribution in [0.1, 0.15) is 47.8 Å². The molecule has 25 heavy (non-hydrogen) atoms. The van der Waals surface area contributed by atoms with Crippen molar-refractivity contribution >= 4 is 23.2 Å². The van der Waals surface area contributed by atoms with Gasteiger partial charge in [-0.25, -0.2) is 0 Å². The average molecular weight is 359 g/mol. The van der Waals surface area contributed by atoms with Crippen LogP contribution in [0.3, 0.4) is 0 Å². The Labute approximate surface area is 153 Å². The van der Waals surface area contributed by atoms with E-state index in [2.05, 4.69) is 36.6 Å². The Morgan fingerprint density at radius 3 is 2.44 bits per heavy atom. The third kappa shape index (κ3) is 6.35. The molecular formula is C20H26N2O2S. The average Bonchev–Trinajstić information content (AvgIpc) is 3.14. The van der Waals surface area contributed by atoms with Crippen LogP contribution in [0.15, 0.2) is 47.8 Å². The highest BCUT2D eigenvalue weighted by atomic mass is 32.1. The molecule has 4 nitrogen and oxygen atoms in total. The van der Waals surface area contributed by atoms with E-state index in [-0.39, 0.29) is 11.8 Å². The van der Waals surface area contributed by atoms with Crippen LogP contribution in [0.5, 0.6) is 0 Å². The number of hydrogen-bond acceptors (Lipinski definition) is 3. The number of hydrogen-bond donors (Lipinski definition) is 2. The molecule has 0 bridgehead atoms. The van der Waals surface area contributed by atoms with Crippen LogP contribution in [-0.2, 0) is 4.79 Å². The molecule has 0 spiro atoms. The molecule has 0 aliphatic rings. The molecule has 2 N–H and O–H groups in total. The van der Waals surface area contributed by atoms with Crippen LogP contribution in [0.25, 0.3) is 0 Å². The second-order valence-corrected chi connectivity index (χ2v) is 7.35. The topological polar surface area (TPSA) is 58.2 Å². The summed E-state index contributed by atoms with van der Waals surface area (Å²) in [6.45, 7) is 5.49. The van der Waals surface area contributed by atoms with Gasteiger partial charge in [0.1, 0.15) is 0 Å². The molecule has 1 unspecified atom stereocenters. The maximum absolute atomic E-state index is 12.1. The summed E-state index contributed by atoms with van der Waals surface area (Å²) in [5.41, 5.74) is 1.25. The van der Waals surface area contributed by atoms with Crippen molar-refractivity contribution in [3.8, 4) is 0 Å². The zero-order valence-corrected chi connectivity index (χ0v) is 15.6. The van der Waals surface area contributed by atoms with Crippen molar-refractivity contribution in [2.45, 2.75) is 32.6 Å². The smallest absolute Gasteiger partial charge is 0.261 e. The minimum Gasteiger partial charge on any atom is -0.355 e. The zero-order valence-electron chi connectivity index (χ0n) is 14.8. The Bertz CT molecular complexity index is 654. The molecular weight excluding hydrogens is 332 g/mol. The standard InChI is InChI=1S/C20H26N2O2S/c1-15(2)17(16-8-4-3-5-9-16)14-22-19(23)11-6-12-21-20(24)18-10-7-13-25-18/h3-5,7-10,13,15,17H,6,11-12,14H2,1-2H3,(H,21,24)(H,22,23). The van der Waals surface area contributed by atoms with Gasteiger partial charge in [-0.05, 0) is 29.3 Å². The maximum atomic E-state index is 12.1. The Morgan fingerprint density at radius 2 is 1.80 bits per heavy atom. The minimum atomic E-state index is -0.0700. The number of benzene rings is 1. The fraction of sp³-hybridized carbons (Fsp3) is 0.400. The highest BCUT2D eigenvalue weighted by molar-refractivity contribution is 7.12. The van der Waals surface area contributed by atoms with Gasteiger partial charge in [0.05, 0.1) is 4.88 Å². The molecule has 1 atom stereocenters. The summed E-state index contributed by atoms with van der Waals surface area (Å²) in [6, 6.07) is 13.9. The molecule has 0 aliphatic heterocycles. The van der Waals surface area contributed by atoms with Gasteiger partial charge >= 0.3 is 0 Å². The molecule has 2 rings (SSSR count). The highest BCUT2D eigenvalue weighted by Gasteiger charge is 2.16. The summed E-state index contributed by atoms with van der Waals surface area (Å²) >= 11 is 1.42. The second-order valence-electron chi connectivity index (χ2n) is 6.40. The third-order valence-electron chi connectivity index (χ3n) is 4.16. The van der Waals surface area contributed by atoms with Crippen LogP contribution in [0.4, 0.5) is 0 Å². The number of carbonyl (C=O) groups is 2. The molecule has 1 aromatic carbocycles. The monoisotopic (exact) mass is 358 g/mol. The van der Waals surface area contributed by atoms with Gasteiger partial charge in [-0.3, -0.25) is 9.59 Å². The first-order valence-corrected chi connectivity index (χ1v) is 9.59. The zero-order chi connectivity index (χ0) is 18.1. The lowest BCUT2D eigenvalue weighted by Gasteiger charge is -2.22. The van der Waals surface area contributed by atoms with Crippen molar-refractivity contribution in [2.24, 2.45) is 5.92 Å².